The Labute approximate surface area is 120 Å². The number of fused-ring (bicyclic) bond motifs is 1. The fraction of sp³-hybridized carbons (Fsp3) is 0.400. The summed E-state index contributed by atoms with van der Waals surface area (Å²) < 4.78 is 0.940. The van der Waals surface area contributed by atoms with Crippen molar-refractivity contribution in [3.63, 3.8) is 0 Å². The highest BCUT2D eigenvalue weighted by Crippen LogP contribution is 2.23. The van der Waals surface area contributed by atoms with Gasteiger partial charge in [-0.1, -0.05) is 12.1 Å². The number of hydrogen-bond donors (Lipinski definition) is 2. The molecule has 2 heterocycles. The van der Waals surface area contributed by atoms with E-state index >= 15 is 0 Å². The van der Waals surface area contributed by atoms with Crippen LogP contribution in [0.2, 0.25) is 0 Å². The number of halogens is 1. The van der Waals surface area contributed by atoms with Crippen LogP contribution in [0.15, 0.2) is 33.5 Å². The zero-order valence-electron chi connectivity index (χ0n) is 10.7. The van der Waals surface area contributed by atoms with Gasteiger partial charge < -0.3 is 10.3 Å². The molecule has 0 bridgehead atoms. The van der Waals surface area contributed by atoms with Crippen molar-refractivity contribution in [3.05, 3.63) is 44.7 Å². The summed E-state index contributed by atoms with van der Waals surface area (Å²) in [7, 11) is 0. The van der Waals surface area contributed by atoms with Crippen LogP contribution in [0.1, 0.15) is 18.4 Å². The van der Waals surface area contributed by atoms with Crippen LogP contribution in [-0.2, 0) is 6.42 Å². The number of rotatable bonds is 2. The Balaban J connectivity index is 1.95. The third-order valence-electron chi connectivity index (χ3n) is 3.87. The topological polar surface area (TPSA) is 44.9 Å². The maximum atomic E-state index is 12.2. The van der Waals surface area contributed by atoms with Crippen LogP contribution in [0.4, 0.5) is 0 Å². The smallest absolute Gasteiger partial charge is 0.251 e. The lowest BCUT2D eigenvalue weighted by atomic mass is 9.91. The first-order valence-corrected chi connectivity index (χ1v) is 7.54. The van der Waals surface area contributed by atoms with Gasteiger partial charge in [0.25, 0.3) is 5.56 Å². The number of benzene rings is 1. The van der Waals surface area contributed by atoms with Gasteiger partial charge in [0.1, 0.15) is 0 Å². The normalized spacial score (nSPS) is 16.9. The molecule has 0 atom stereocenters. The maximum absolute atomic E-state index is 12.2. The van der Waals surface area contributed by atoms with E-state index in [1.54, 1.807) is 0 Å². The Morgan fingerprint density at radius 2 is 2.05 bits per heavy atom. The molecule has 2 N–H and O–H groups in total. The lowest BCUT2D eigenvalue weighted by Gasteiger charge is -2.22. The van der Waals surface area contributed by atoms with Gasteiger partial charge in [-0.25, -0.2) is 0 Å². The zero-order valence-corrected chi connectivity index (χ0v) is 12.3. The van der Waals surface area contributed by atoms with Crippen LogP contribution in [0, 0.1) is 5.92 Å². The minimum Gasteiger partial charge on any atom is -0.321 e. The molecular weight excluding hydrogens is 304 g/mol. The van der Waals surface area contributed by atoms with E-state index in [1.807, 2.05) is 24.3 Å². The molecule has 19 heavy (non-hydrogen) atoms. The second-order valence-corrected chi connectivity index (χ2v) is 6.08. The minimum absolute atomic E-state index is 0.0536. The van der Waals surface area contributed by atoms with Crippen molar-refractivity contribution in [1.82, 2.24) is 10.3 Å². The molecule has 0 aliphatic carbocycles. The second kappa shape index (κ2) is 5.47. The van der Waals surface area contributed by atoms with Crippen molar-refractivity contribution in [1.29, 1.82) is 0 Å². The van der Waals surface area contributed by atoms with Crippen molar-refractivity contribution in [2.75, 3.05) is 13.1 Å². The average molecular weight is 321 g/mol. The number of aromatic nitrogens is 1. The van der Waals surface area contributed by atoms with E-state index < -0.39 is 0 Å². The third kappa shape index (κ3) is 2.74. The number of aromatic amines is 1. The molecule has 0 unspecified atom stereocenters. The summed E-state index contributed by atoms with van der Waals surface area (Å²) >= 11 is 3.48. The quantitative estimate of drug-likeness (QED) is 0.893. The summed E-state index contributed by atoms with van der Waals surface area (Å²) in [6.07, 6.45) is 3.21. The molecule has 0 spiro atoms. The molecule has 1 aliphatic heterocycles. The van der Waals surface area contributed by atoms with E-state index in [-0.39, 0.29) is 5.56 Å². The van der Waals surface area contributed by atoms with Gasteiger partial charge in [0.15, 0.2) is 0 Å². The molecule has 1 aliphatic rings. The number of piperidine rings is 1. The molecular formula is C15H17BrN2O. The molecule has 0 radical (unpaired) electrons. The highest BCUT2D eigenvalue weighted by Gasteiger charge is 2.15. The van der Waals surface area contributed by atoms with Crippen molar-refractivity contribution in [3.8, 4) is 0 Å². The van der Waals surface area contributed by atoms with E-state index in [1.165, 1.54) is 0 Å². The van der Waals surface area contributed by atoms with Crippen LogP contribution in [-0.4, -0.2) is 18.1 Å². The van der Waals surface area contributed by atoms with Crippen molar-refractivity contribution in [2.24, 2.45) is 5.92 Å². The minimum atomic E-state index is 0.0536. The molecule has 100 valence electrons. The molecule has 4 heteroatoms. The molecule has 2 aromatic rings. The molecule has 1 aromatic carbocycles. The molecule has 1 saturated heterocycles. The average Bonchev–Trinajstić information content (AvgIpc) is 2.42. The van der Waals surface area contributed by atoms with Gasteiger partial charge in [-0.15, -0.1) is 0 Å². The summed E-state index contributed by atoms with van der Waals surface area (Å²) in [5, 5.41) is 4.46. The fourth-order valence-electron chi connectivity index (χ4n) is 2.79. The van der Waals surface area contributed by atoms with Crippen LogP contribution in [0.5, 0.6) is 0 Å². The van der Waals surface area contributed by atoms with E-state index in [0.29, 0.717) is 5.92 Å². The number of H-pyrrole nitrogens is 1. The van der Waals surface area contributed by atoms with E-state index in [2.05, 4.69) is 26.2 Å². The second-order valence-electron chi connectivity index (χ2n) is 5.23. The summed E-state index contributed by atoms with van der Waals surface area (Å²) in [4.78, 5) is 15.2. The molecule has 1 fully saturated rings. The Hall–Kier alpha value is -1.13. The lowest BCUT2D eigenvalue weighted by molar-refractivity contribution is 0.372. The van der Waals surface area contributed by atoms with Crippen LogP contribution in [0.25, 0.3) is 10.9 Å². The van der Waals surface area contributed by atoms with Gasteiger partial charge in [0, 0.05) is 10.0 Å². The molecule has 0 amide bonds. The summed E-state index contributed by atoms with van der Waals surface area (Å²) in [6.45, 7) is 2.14. The molecule has 0 saturated carbocycles. The van der Waals surface area contributed by atoms with Crippen molar-refractivity contribution >= 4 is 26.8 Å². The predicted molar refractivity (Wildman–Crippen MR) is 81.6 cm³/mol. The number of hydrogen-bond acceptors (Lipinski definition) is 2. The monoisotopic (exact) mass is 320 g/mol. The summed E-state index contributed by atoms with van der Waals surface area (Å²) in [6, 6.07) is 8.03. The first-order chi connectivity index (χ1) is 9.24. The highest BCUT2D eigenvalue weighted by molar-refractivity contribution is 9.10. The first-order valence-electron chi connectivity index (χ1n) is 6.75. The SMILES string of the molecule is O=c1[nH]c2c(Br)cccc2cc1CC1CCNCC1. The van der Waals surface area contributed by atoms with Crippen molar-refractivity contribution < 1.29 is 0 Å². The fourth-order valence-corrected chi connectivity index (χ4v) is 3.27. The third-order valence-corrected chi connectivity index (χ3v) is 4.53. The standard InChI is InChI=1S/C15H17BrN2O/c16-13-3-1-2-11-9-12(15(19)18-14(11)13)8-10-4-6-17-7-5-10/h1-3,9-10,17H,4-8H2,(H,18,19). The number of nitrogens with one attached hydrogen (secondary N) is 2. The Kier molecular flexibility index (Phi) is 3.71. The molecule has 1 aromatic heterocycles. The van der Waals surface area contributed by atoms with Gasteiger partial charge >= 0.3 is 0 Å². The van der Waals surface area contributed by atoms with Gasteiger partial charge in [0.05, 0.1) is 5.52 Å². The van der Waals surface area contributed by atoms with E-state index in [4.69, 9.17) is 0 Å². The van der Waals surface area contributed by atoms with Gasteiger partial charge in [-0.05, 0) is 71.7 Å². The van der Waals surface area contributed by atoms with Crippen LogP contribution >= 0.6 is 15.9 Å². The van der Waals surface area contributed by atoms with Crippen molar-refractivity contribution in [2.45, 2.75) is 19.3 Å². The van der Waals surface area contributed by atoms with Gasteiger partial charge in [-0.3, -0.25) is 4.79 Å². The predicted octanol–water partition coefficient (Wildman–Crippen LogP) is 2.83. The highest BCUT2D eigenvalue weighted by atomic mass is 79.9. The Morgan fingerprint density at radius 3 is 2.84 bits per heavy atom. The molecule has 3 rings (SSSR count). The largest absolute Gasteiger partial charge is 0.321 e. The number of para-hydroxylation sites is 1. The van der Waals surface area contributed by atoms with Crippen LogP contribution < -0.4 is 10.9 Å². The number of pyridine rings is 1. The van der Waals surface area contributed by atoms with Gasteiger partial charge in [-0.2, -0.15) is 0 Å². The zero-order chi connectivity index (χ0) is 13.2. The van der Waals surface area contributed by atoms with Crippen LogP contribution in [0.3, 0.4) is 0 Å². The maximum Gasteiger partial charge on any atom is 0.251 e. The van der Waals surface area contributed by atoms with E-state index in [9.17, 15) is 4.79 Å². The lowest BCUT2D eigenvalue weighted by Crippen LogP contribution is -2.29. The van der Waals surface area contributed by atoms with E-state index in [0.717, 1.165) is 53.3 Å². The summed E-state index contributed by atoms with van der Waals surface area (Å²) in [5.74, 6) is 0.631. The Morgan fingerprint density at radius 1 is 1.26 bits per heavy atom. The Bertz CT molecular complexity index is 644. The first kappa shape index (κ1) is 12.9. The molecule has 3 nitrogen and oxygen atoms in total. The summed E-state index contributed by atoms with van der Waals surface area (Å²) in [5.41, 5.74) is 1.86. The van der Waals surface area contributed by atoms with Gasteiger partial charge in [0.2, 0.25) is 0 Å².